The summed E-state index contributed by atoms with van der Waals surface area (Å²) in [7, 11) is 1.65. The molecular formula is C13H16N2O. The van der Waals surface area contributed by atoms with Gasteiger partial charge in [-0.05, 0) is 24.1 Å². The molecule has 0 aliphatic rings. The summed E-state index contributed by atoms with van der Waals surface area (Å²) in [5.74, 6) is 1.38. The molecule has 84 valence electrons. The maximum Gasteiger partial charge on any atom is 0.145 e. The predicted molar refractivity (Wildman–Crippen MR) is 66.7 cm³/mol. The van der Waals surface area contributed by atoms with Crippen molar-refractivity contribution in [1.29, 1.82) is 0 Å². The highest BCUT2D eigenvalue weighted by Gasteiger charge is 2.06. The number of nitrogens with zero attached hydrogens (tertiary/aromatic N) is 1. The molecule has 0 aliphatic heterocycles. The SMILES string of the molecule is CCCc1cc2cccc(OC)c2nc1N. The van der Waals surface area contributed by atoms with Crippen molar-refractivity contribution in [1.82, 2.24) is 4.98 Å². The fraction of sp³-hybridized carbons (Fsp3) is 0.308. The van der Waals surface area contributed by atoms with Gasteiger partial charge in [0.25, 0.3) is 0 Å². The Morgan fingerprint density at radius 1 is 1.38 bits per heavy atom. The van der Waals surface area contributed by atoms with Crippen molar-refractivity contribution in [3.63, 3.8) is 0 Å². The average molecular weight is 216 g/mol. The second kappa shape index (κ2) is 4.39. The number of ether oxygens (including phenoxy) is 1. The molecule has 1 aromatic heterocycles. The molecule has 2 rings (SSSR count). The van der Waals surface area contributed by atoms with Crippen molar-refractivity contribution in [2.75, 3.05) is 12.8 Å². The van der Waals surface area contributed by atoms with Crippen molar-refractivity contribution in [2.45, 2.75) is 19.8 Å². The van der Waals surface area contributed by atoms with Crippen LogP contribution in [0.3, 0.4) is 0 Å². The maximum atomic E-state index is 5.93. The molecule has 0 atom stereocenters. The van der Waals surface area contributed by atoms with E-state index < -0.39 is 0 Å². The summed E-state index contributed by atoms with van der Waals surface area (Å²) in [5.41, 5.74) is 7.88. The largest absolute Gasteiger partial charge is 0.494 e. The molecule has 0 saturated carbocycles. The van der Waals surface area contributed by atoms with Gasteiger partial charge in [-0.2, -0.15) is 0 Å². The zero-order valence-electron chi connectivity index (χ0n) is 9.66. The first-order valence-corrected chi connectivity index (χ1v) is 5.48. The molecule has 3 heteroatoms. The molecule has 2 N–H and O–H groups in total. The first-order chi connectivity index (χ1) is 7.76. The highest BCUT2D eigenvalue weighted by atomic mass is 16.5. The molecule has 16 heavy (non-hydrogen) atoms. The summed E-state index contributed by atoms with van der Waals surface area (Å²) in [4.78, 5) is 4.42. The first kappa shape index (κ1) is 10.7. The molecule has 2 aromatic rings. The summed E-state index contributed by atoms with van der Waals surface area (Å²) in [6, 6.07) is 8.00. The molecule has 0 fully saturated rings. The molecule has 0 aliphatic carbocycles. The van der Waals surface area contributed by atoms with Crippen molar-refractivity contribution in [2.24, 2.45) is 0 Å². The van der Waals surface area contributed by atoms with Crippen LogP contribution in [0.1, 0.15) is 18.9 Å². The highest BCUT2D eigenvalue weighted by molar-refractivity contribution is 5.86. The van der Waals surface area contributed by atoms with Crippen LogP contribution in [0.4, 0.5) is 5.82 Å². The number of benzene rings is 1. The molecule has 0 radical (unpaired) electrons. The number of anilines is 1. The summed E-state index contributed by atoms with van der Waals surface area (Å²) < 4.78 is 5.26. The third-order valence-electron chi connectivity index (χ3n) is 2.66. The number of aromatic nitrogens is 1. The van der Waals surface area contributed by atoms with E-state index in [0.29, 0.717) is 5.82 Å². The molecule has 1 aromatic carbocycles. The van der Waals surface area contributed by atoms with Gasteiger partial charge in [0, 0.05) is 5.39 Å². The van der Waals surface area contributed by atoms with Gasteiger partial charge in [0.1, 0.15) is 17.1 Å². The van der Waals surface area contributed by atoms with E-state index in [2.05, 4.69) is 18.0 Å². The van der Waals surface area contributed by atoms with Gasteiger partial charge >= 0.3 is 0 Å². The molecular weight excluding hydrogens is 200 g/mol. The Morgan fingerprint density at radius 3 is 2.88 bits per heavy atom. The second-order valence-corrected chi connectivity index (χ2v) is 3.81. The van der Waals surface area contributed by atoms with Crippen LogP contribution in [0.25, 0.3) is 10.9 Å². The Hall–Kier alpha value is -1.77. The third-order valence-corrected chi connectivity index (χ3v) is 2.66. The zero-order chi connectivity index (χ0) is 11.5. The first-order valence-electron chi connectivity index (χ1n) is 5.48. The third kappa shape index (κ3) is 1.81. The van der Waals surface area contributed by atoms with E-state index >= 15 is 0 Å². The topological polar surface area (TPSA) is 48.1 Å². The van der Waals surface area contributed by atoms with E-state index in [9.17, 15) is 0 Å². The lowest BCUT2D eigenvalue weighted by atomic mass is 10.1. The number of rotatable bonds is 3. The number of hydrogen-bond donors (Lipinski definition) is 1. The number of nitrogen functional groups attached to an aromatic ring is 1. The van der Waals surface area contributed by atoms with Gasteiger partial charge in [-0.1, -0.05) is 25.5 Å². The van der Waals surface area contributed by atoms with Crippen LogP contribution >= 0.6 is 0 Å². The van der Waals surface area contributed by atoms with Gasteiger partial charge in [0.05, 0.1) is 7.11 Å². The number of nitrogens with two attached hydrogens (primary N) is 1. The second-order valence-electron chi connectivity index (χ2n) is 3.81. The lowest BCUT2D eigenvalue weighted by Crippen LogP contribution is -1.99. The van der Waals surface area contributed by atoms with Crippen LogP contribution in [0.15, 0.2) is 24.3 Å². The van der Waals surface area contributed by atoms with E-state index in [-0.39, 0.29) is 0 Å². The number of hydrogen-bond acceptors (Lipinski definition) is 3. The van der Waals surface area contributed by atoms with E-state index in [1.165, 1.54) is 0 Å². The summed E-state index contributed by atoms with van der Waals surface area (Å²) in [6.07, 6.45) is 2.04. The average Bonchev–Trinajstić information content (AvgIpc) is 2.30. The minimum absolute atomic E-state index is 0.610. The van der Waals surface area contributed by atoms with Crippen LogP contribution in [0.5, 0.6) is 5.75 Å². The van der Waals surface area contributed by atoms with Crippen molar-refractivity contribution in [3.05, 3.63) is 29.8 Å². The van der Waals surface area contributed by atoms with Crippen molar-refractivity contribution < 1.29 is 4.74 Å². The zero-order valence-corrected chi connectivity index (χ0v) is 9.66. The Balaban J connectivity index is 2.63. The number of pyridine rings is 1. The van der Waals surface area contributed by atoms with E-state index in [0.717, 1.165) is 35.1 Å². The predicted octanol–water partition coefficient (Wildman–Crippen LogP) is 2.78. The normalized spacial score (nSPS) is 10.6. The molecule has 0 amide bonds. The highest BCUT2D eigenvalue weighted by Crippen LogP contribution is 2.26. The molecule has 0 spiro atoms. The fourth-order valence-corrected chi connectivity index (χ4v) is 1.86. The van der Waals surface area contributed by atoms with E-state index in [1.807, 2.05) is 18.2 Å². The molecule has 0 unspecified atom stereocenters. The van der Waals surface area contributed by atoms with Crippen LogP contribution < -0.4 is 10.5 Å². The standard InChI is InChI=1S/C13H16N2O/c1-3-5-10-8-9-6-4-7-11(16-2)12(9)15-13(10)14/h4,6-8H,3,5H2,1-2H3,(H2,14,15). The molecule has 3 nitrogen and oxygen atoms in total. The minimum Gasteiger partial charge on any atom is -0.494 e. The van der Waals surface area contributed by atoms with E-state index in [4.69, 9.17) is 10.5 Å². The summed E-state index contributed by atoms with van der Waals surface area (Å²) in [6.45, 7) is 2.13. The summed E-state index contributed by atoms with van der Waals surface area (Å²) in [5, 5.41) is 1.08. The maximum absolute atomic E-state index is 5.93. The van der Waals surface area contributed by atoms with Crippen molar-refractivity contribution >= 4 is 16.7 Å². The quantitative estimate of drug-likeness (QED) is 0.858. The smallest absolute Gasteiger partial charge is 0.145 e. The number of methoxy groups -OCH3 is 1. The molecule has 0 saturated heterocycles. The van der Waals surface area contributed by atoms with Crippen LogP contribution in [0, 0.1) is 0 Å². The van der Waals surface area contributed by atoms with Crippen LogP contribution in [0.2, 0.25) is 0 Å². The lowest BCUT2D eigenvalue weighted by Gasteiger charge is -2.08. The molecule has 0 bridgehead atoms. The van der Waals surface area contributed by atoms with Crippen molar-refractivity contribution in [3.8, 4) is 5.75 Å². The summed E-state index contributed by atoms with van der Waals surface area (Å²) >= 11 is 0. The number of para-hydroxylation sites is 1. The number of aryl methyl sites for hydroxylation is 1. The van der Waals surface area contributed by atoms with Gasteiger partial charge in [-0.25, -0.2) is 4.98 Å². The van der Waals surface area contributed by atoms with Gasteiger partial charge in [0.15, 0.2) is 0 Å². The Labute approximate surface area is 95.2 Å². The van der Waals surface area contributed by atoms with Gasteiger partial charge in [0.2, 0.25) is 0 Å². The van der Waals surface area contributed by atoms with E-state index in [1.54, 1.807) is 7.11 Å². The lowest BCUT2D eigenvalue weighted by molar-refractivity contribution is 0.419. The molecule has 1 heterocycles. The van der Waals surface area contributed by atoms with Crippen LogP contribution in [-0.4, -0.2) is 12.1 Å². The number of fused-ring (bicyclic) bond motifs is 1. The van der Waals surface area contributed by atoms with Gasteiger partial charge < -0.3 is 10.5 Å². The Kier molecular flexibility index (Phi) is 2.95. The Bertz CT molecular complexity index is 509. The Morgan fingerprint density at radius 2 is 2.19 bits per heavy atom. The fourth-order valence-electron chi connectivity index (χ4n) is 1.86. The minimum atomic E-state index is 0.610. The van der Waals surface area contributed by atoms with Gasteiger partial charge in [-0.3, -0.25) is 0 Å². The van der Waals surface area contributed by atoms with Crippen LogP contribution in [-0.2, 0) is 6.42 Å². The van der Waals surface area contributed by atoms with Gasteiger partial charge in [-0.15, -0.1) is 0 Å². The monoisotopic (exact) mass is 216 g/mol.